The van der Waals surface area contributed by atoms with Gasteiger partial charge in [0.15, 0.2) is 0 Å². The van der Waals surface area contributed by atoms with Crippen LogP contribution in [0.1, 0.15) is 51.1 Å². The molecule has 1 amide bonds. The summed E-state index contributed by atoms with van der Waals surface area (Å²) in [5, 5.41) is 0.0442. The van der Waals surface area contributed by atoms with E-state index in [1.807, 2.05) is 37.5 Å². The van der Waals surface area contributed by atoms with Crippen molar-refractivity contribution in [3.63, 3.8) is 0 Å². The summed E-state index contributed by atoms with van der Waals surface area (Å²) < 4.78 is 35.6. The third-order valence-corrected chi connectivity index (χ3v) is 9.82. The first-order chi connectivity index (χ1) is 19.7. The van der Waals surface area contributed by atoms with Crippen LogP contribution in [0.4, 0.5) is 9.18 Å². The van der Waals surface area contributed by atoms with E-state index in [0.717, 1.165) is 28.9 Å². The molecular weight excluding hydrogens is 641 g/mol. The first kappa shape index (κ1) is 32.9. The van der Waals surface area contributed by atoms with E-state index in [2.05, 4.69) is 47.7 Å². The van der Waals surface area contributed by atoms with Crippen LogP contribution in [0.15, 0.2) is 40.9 Å². The number of carbonyl (C=O) groups excluding carboxylic acids is 1. The fourth-order valence-electron chi connectivity index (χ4n) is 4.99. The standard InChI is InChI=1S/C31H42BrClFN3O4Si/c1-31(2,3)41-30(38)36-13-11-22(12-14-36)29(21-7-9-23(32)10-8-21)40-19-28-35-26-18-25(34)24(33)17-27(26)37(28)20-39-15-16-42(4,5)6/h7-10,17-18,22,29H,11-16,19-20H2,1-6H3. The van der Waals surface area contributed by atoms with Crippen molar-refractivity contribution in [2.75, 3.05) is 19.7 Å². The molecule has 7 nitrogen and oxygen atoms in total. The molecule has 230 valence electrons. The molecule has 0 aliphatic carbocycles. The van der Waals surface area contributed by atoms with Gasteiger partial charge in [0.1, 0.15) is 30.6 Å². The molecule has 2 aromatic carbocycles. The van der Waals surface area contributed by atoms with Crippen molar-refractivity contribution in [2.45, 2.75) is 84.3 Å². The smallest absolute Gasteiger partial charge is 0.410 e. The predicted octanol–water partition coefficient (Wildman–Crippen LogP) is 8.81. The maximum absolute atomic E-state index is 14.3. The largest absolute Gasteiger partial charge is 0.444 e. The van der Waals surface area contributed by atoms with Crippen molar-refractivity contribution in [1.29, 1.82) is 0 Å². The molecule has 11 heteroatoms. The number of nitrogens with zero attached hydrogens (tertiary/aromatic N) is 3. The lowest BCUT2D eigenvalue weighted by Gasteiger charge is -2.36. The highest BCUT2D eigenvalue weighted by atomic mass is 79.9. The number of fused-ring (bicyclic) bond motifs is 1. The van der Waals surface area contributed by atoms with Crippen molar-refractivity contribution in [3.8, 4) is 0 Å². The summed E-state index contributed by atoms with van der Waals surface area (Å²) in [6, 6.07) is 12.1. The van der Waals surface area contributed by atoms with Crippen LogP contribution in [0.5, 0.6) is 0 Å². The molecule has 42 heavy (non-hydrogen) atoms. The maximum atomic E-state index is 14.3. The van der Waals surface area contributed by atoms with E-state index in [9.17, 15) is 9.18 Å². The van der Waals surface area contributed by atoms with E-state index >= 15 is 0 Å². The minimum Gasteiger partial charge on any atom is -0.444 e. The zero-order chi connectivity index (χ0) is 30.7. The van der Waals surface area contributed by atoms with Gasteiger partial charge in [-0.2, -0.15) is 0 Å². The minimum absolute atomic E-state index is 0.0442. The number of hydrogen-bond acceptors (Lipinski definition) is 5. The Bertz CT molecular complexity index is 1370. The highest BCUT2D eigenvalue weighted by Crippen LogP contribution is 2.36. The van der Waals surface area contributed by atoms with Crippen LogP contribution in [-0.2, 0) is 27.5 Å². The molecule has 0 radical (unpaired) electrons. The van der Waals surface area contributed by atoms with Gasteiger partial charge in [0.25, 0.3) is 0 Å². The number of piperidine rings is 1. The molecule has 1 aliphatic rings. The molecule has 1 unspecified atom stereocenters. The second-order valence-electron chi connectivity index (χ2n) is 13.1. The molecule has 0 bridgehead atoms. The van der Waals surface area contributed by atoms with Crippen molar-refractivity contribution < 1.29 is 23.4 Å². The van der Waals surface area contributed by atoms with Gasteiger partial charge < -0.3 is 23.7 Å². The summed E-state index contributed by atoms with van der Waals surface area (Å²) in [6.07, 6.45) is 1.05. The summed E-state index contributed by atoms with van der Waals surface area (Å²) in [4.78, 5) is 19.2. The van der Waals surface area contributed by atoms with Gasteiger partial charge in [-0.25, -0.2) is 14.2 Å². The van der Waals surface area contributed by atoms with Crippen molar-refractivity contribution in [1.82, 2.24) is 14.5 Å². The molecule has 0 saturated carbocycles. The molecule has 4 rings (SSSR count). The summed E-state index contributed by atoms with van der Waals surface area (Å²) in [6.45, 7) is 14.9. The summed E-state index contributed by atoms with van der Waals surface area (Å²) in [5.74, 6) is 0.320. The van der Waals surface area contributed by atoms with Crippen LogP contribution in [0, 0.1) is 11.7 Å². The van der Waals surface area contributed by atoms with Crippen LogP contribution in [0.2, 0.25) is 30.7 Å². The van der Waals surface area contributed by atoms with E-state index in [0.29, 0.717) is 36.6 Å². The van der Waals surface area contributed by atoms with Gasteiger partial charge in [-0.15, -0.1) is 0 Å². The lowest BCUT2D eigenvalue weighted by atomic mass is 9.87. The SMILES string of the molecule is CC(C)(C)OC(=O)N1CCC(C(OCc2nc3cc(F)c(Cl)cc3n2COCC[Si](C)(C)C)c2ccc(Br)cc2)CC1. The summed E-state index contributed by atoms with van der Waals surface area (Å²) in [5.41, 5.74) is 1.74. The molecule has 1 fully saturated rings. The highest BCUT2D eigenvalue weighted by Gasteiger charge is 2.32. The first-order valence-electron chi connectivity index (χ1n) is 14.5. The van der Waals surface area contributed by atoms with Gasteiger partial charge in [-0.05, 0) is 69.3 Å². The minimum atomic E-state index is -1.26. The quantitative estimate of drug-likeness (QED) is 0.158. The van der Waals surface area contributed by atoms with Gasteiger partial charge in [0.05, 0.1) is 22.2 Å². The number of benzene rings is 2. The number of amides is 1. The predicted molar refractivity (Wildman–Crippen MR) is 171 cm³/mol. The summed E-state index contributed by atoms with van der Waals surface area (Å²) in [7, 11) is -1.26. The summed E-state index contributed by atoms with van der Waals surface area (Å²) >= 11 is 9.69. The van der Waals surface area contributed by atoms with Gasteiger partial charge in [0, 0.05) is 38.3 Å². The number of hydrogen-bond donors (Lipinski definition) is 0. The van der Waals surface area contributed by atoms with Gasteiger partial charge in [-0.1, -0.05) is 59.3 Å². The monoisotopic (exact) mass is 681 g/mol. The van der Waals surface area contributed by atoms with E-state index < -0.39 is 19.5 Å². The second kappa shape index (κ2) is 13.8. The van der Waals surface area contributed by atoms with E-state index in [1.165, 1.54) is 6.07 Å². The van der Waals surface area contributed by atoms with E-state index in [4.69, 9.17) is 30.8 Å². The Balaban J connectivity index is 1.54. The molecule has 0 spiro atoms. The van der Waals surface area contributed by atoms with Crippen LogP contribution in [-0.4, -0.2) is 53.9 Å². The molecule has 1 aromatic heterocycles. The fourth-order valence-corrected chi connectivity index (χ4v) is 6.17. The van der Waals surface area contributed by atoms with Crippen molar-refractivity contribution in [2.24, 2.45) is 5.92 Å². The number of likely N-dealkylation sites (tertiary alicyclic amines) is 1. The number of aromatic nitrogens is 2. The van der Waals surface area contributed by atoms with Gasteiger partial charge in [-0.3, -0.25) is 0 Å². The zero-order valence-electron chi connectivity index (χ0n) is 25.4. The number of rotatable bonds is 10. The van der Waals surface area contributed by atoms with Crippen LogP contribution in [0.25, 0.3) is 11.0 Å². The van der Waals surface area contributed by atoms with Crippen LogP contribution < -0.4 is 0 Å². The Kier molecular flexibility index (Phi) is 10.8. The van der Waals surface area contributed by atoms with E-state index in [1.54, 1.807) is 11.0 Å². The number of ether oxygens (including phenoxy) is 3. The Morgan fingerprint density at radius 3 is 2.45 bits per heavy atom. The first-order valence-corrected chi connectivity index (χ1v) is 19.3. The molecule has 1 saturated heterocycles. The Morgan fingerprint density at radius 2 is 1.83 bits per heavy atom. The lowest BCUT2D eigenvalue weighted by molar-refractivity contribution is -0.0316. The van der Waals surface area contributed by atoms with Crippen molar-refractivity contribution >= 4 is 52.7 Å². The van der Waals surface area contributed by atoms with Crippen molar-refractivity contribution in [3.05, 3.63) is 63.1 Å². The topological polar surface area (TPSA) is 65.8 Å². The number of imidazole rings is 1. The molecular formula is C31H42BrClFN3O4Si. The zero-order valence-corrected chi connectivity index (χ0v) is 28.7. The van der Waals surface area contributed by atoms with E-state index in [-0.39, 0.29) is 36.5 Å². The molecule has 3 aromatic rings. The fraction of sp³-hybridized carbons (Fsp3) is 0.548. The van der Waals surface area contributed by atoms with Crippen LogP contribution >= 0.6 is 27.5 Å². The third kappa shape index (κ3) is 9.01. The van der Waals surface area contributed by atoms with Gasteiger partial charge in [0.2, 0.25) is 0 Å². The van der Waals surface area contributed by atoms with Gasteiger partial charge >= 0.3 is 6.09 Å². The Hall–Kier alpha value is -1.98. The number of carbonyl (C=O) groups is 1. The third-order valence-electron chi connectivity index (χ3n) is 7.30. The highest BCUT2D eigenvalue weighted by molar-refractivity contribution is 9.10. The molecule has 0 N–H and O–H groups in total. The average Bonchev–Trinajstić information content (AvgIpc) is 3.22. The molecule has 1 atom stereocenters. The number of halogens is 3. The normalized spacial score (nSPS) is 15.8. The van der Waals surface area contributed by atoms with Crippen LogP contribution in [0.3, 0.4) is 0 Å². The molecule has 2 heterocycles. The molecule has 1 aliphatic heterocycles. The maximum Gasteiger partial charge on any atom is 0.410 e. The second-order valence-corrected chi connectivity index (χ2v) is 20.1. The average molecular weight is 683 g/mol. The Labute approximate surface area is 262 Å². The Morgan fingerprint density at radius 1 is 1.17 bits per heavy atom. The lowest BCUT2D eigenvalue weighted by Crippen LogP contribution is -2.42.